The SMILES string of the molecule is CC(C)[C@@H](CO)Nc1ccc(C(=O)N(C)C)cc1[N+](=O)[O-]. The Kier molecular flexibility index (Phi) is 5.66. The molecule has 0 heterocycles. The number of nitrogens with one attached hydrogen (secondary N) is 1. The zero-order chi connectivity index (χ0) is 16.2. The molecule has 0 radical (unpaired) electrons. The Morgan fingerprint density at radius 3 is 2.48 bits per heavy atom. The largest absolute Gasteiger partial charge is 0.394 e. The lowest BCUT2D eigenvalue weighted by Gasteiger charge is -2.21. The van der Waals surface area contributed by atoms with E-state index in [0.717, 1.165) is 0 Å². The van der Waals surface area contributed by atoms with E-state index in [9.17, 15) is 20.0 Å². The molecule has 2 N–H and O–H groups in total. The van der Waals surface area contributed by atoms with Gasteiger partial charge in [-0.1, -0.05) is 13.8 Å². The Balaban J connectivity index is 3.16. The minimum absolute atomic E-state index is 0.109. The number of carbonyl (C=O) groups is 1. The smallest absolute Gasteiger partial charge is 0.293 e. The molecule has 0 spiro atoms. The first kappa shape index (κ1) is 16.9. The molecule has 1 amide bonds. The quantitative estimate of drug-likeness (QED) is 0.615. The first-order chi connectivity index (χ1) is 9.77. The summed E-state index contributed by atoms with van der Waals surface area (Å²) in [6.07, 6.45) is 0. The maximum atomic E-state index is 11.9. The number of aliphatic hydroxyl groups excluding tert-OH is 1. The summed E-state index contributed by atoms with van der Waals surface area (Å²) in [5.41, 5.74) is 0.368. The van der Waals surface area contributed by atoms with Crippen molar-refractivity contribution in [3.63, 3.8) is 0 Å². The predicted octanol–water partition coefficient (Wildman–Crippen LogP) is 1.73. The monoisotopic (exact) mass is 295 g/mol. The minimum Gasteiger partial charge on any atom is -0.394 e. The molecule has 0 fully saturated rings. The van der Waals surface area contributed by atoms with E-state index in [0.29, 0.717) is 5.69 Å². The van der Waals surface area contributed by atoms with Crippen LogP contribution in [0.15, 0.2) is 18.2 Å². The number of amides is 1. The molecular weight excluding hydrogens is 274 g/mol. The average Bonchev–Trinajstić information content (AvgIpc) is 2.43. The summed E-state index contributed by atoms with van der Waals surface area (Å²) in [6.45, 7) is 3.68. The van der Waals surface area contributed by atoms with Gasteiger partial charge in [-0.15, -0.1) is 0 Å². The minimum atomic E-state index is -0.538. The normalized spacial score (nSPS) is 12.1. The van der Waals surface area contributed by atoms with Crippen LogP contribution in [0.1, 0.15) is 24.2 Å². The zero-order valence-corrected chi connectivity index (χ0v) is 12.7. The van der Waals surface area contributed by atoms with E-state index in [-0.39, 0.29) is 35.7 Å². The molecular formula is C14H21N3O4. The average molecular weight is 295 g/mol. The van der Waals surface area contributed by atoms with Crippen molar-refractivity contribution >= 4 is 17.3 Å². The zero-order valence-electron chi connectivity index (χ0n) is 12.7. The van der Waals surface area contributed by atoms with E-state index < -0.39 is 4.92 Å². The summed E-state index contributed by atoms with van der Waals surface area (Å²) >= 11 is 0. The Morgan fingerprint density at radius 2 is 2.05 bits per heavy atom. The molecule has 0 aromatic heterocycles. The molecule has 1 aromatic rings. The summed E-state index contributed by atoms with van der Waals surface area (Å²) in [7, 11) is 3.17. The molecule has 0 aliphatic carbocycles. The number of nitro groups is 1. The lowest BCUT2D eigenvalue weighted by molar-refractivity contribution is -0.384. The number of anilines is 1. The van der Waals surface area contributed by atoms with Crippen molar-refractivity contribution < 1.29 is 14.8 Å². The molecule has 116 valence electrons. The van der Waals surface area contributed by atoms with Crippen molar-refractivity contribution in [3.05, 3.63) is 33.9 Å². The van der Waals surface area contributed by atoms with Crippen molar-refractivity contribution in [3.8, 4) is 0 Å². The van der Waals surface area contributed by atoms with E-state index in [1.807, 2.05) is 13.8 Å². The molecule has 1 atom stereocenters. The molecule has 21 heavy (non-hydrogen) atoms. The van der Waals surface area contributed by atoms with Crippen LogP contribution in [-0.4, -0.2) is 47.6 Å². The van der Waals surface area contributed by atoms with Crippen LogP contribution in [0.2, 0.25) is 0 Å². The van der Waals surface area contributed by atoms with Gasteiger partial charge in [0.25, 0.3) is 11.6 Å². The maximum Gasteiger partial charge on any atom is 0.293 e. The highest BCUT2D eigenvalue weighted by molar-refractivity contribution is 5.95. The van der Waals surface area contributed by atoms with E-state index in [1.165, 1.54) is 23.1 Å². The van der Waals surface area contributed by atoms with Crippen LogP contribution < -0.4 is 5.32 Å². The van der Waals surface area contributed by atoms with Gasteiger partial charge >= 0.3 is 0 Å². The molecule has 0 saturated carbocycles. The van der Waals surface area contributed by atoms with Crippen molar-refractivity contribution in [1.82, 2.24) is 4.90 Å². The van der Waals surface area contributed by atoms with Gasteiger partial charge in [0.05, 0.1) is 17.6 Å². The molecule has 0 aliphatic rings. The second kappa shape index (κ2) is 7.03. The molecule has 0 aliphatic heterocycles. The third-order valence-electron chi connectivity index (χ3n) is 3.19. The first-order valence-electron chi connectivity index (χ1n) is 6.65. The Labute approximate surface area is 123 Å². The summed E-state index contributed by atoms with van der Waals surface area (Å²) in [4.78, 5) is 23.9. The standard InChI is InChI=1S/C14H21N3O4/c1-9(2)12(8-18)15-11-6-5-10(14(19)16(3)4)7-13(11)17(20)21/h5-7,9,12,15,18H,8H2,1-4H3/t12-/m1/s1. The van der Waals surface area contributed by atoms with Gasteiger partial charge in [0.2, 0.25) is 0 Å². The fourth-order valence-corrected chi connectivity index (χ4v) is 1.82. The van der Waals surface area contributed by atoms with Gasteiger partial charge in [0.15, 0.2) is 0 Å². The highest BCUT2D eigenvalue weighted by atomic mass is 16.6. The van der Waals surface area contributed by atoms with E-state index in [4.69, 9.17) is 0 Å². The number of hydrogen-bond donors (Lipinski definition) is 2. The van der Waals surface area contributed by atoms with Gasteiger partial charge in [0.1, 0.15) is 5.69 Å². The molecule has 7 heteroatoms. The van der Waals surface area contributed by atoms with Gasteiger partial charge < -0.3 is 15.3 Å². The van der Waals surface area contributed by atoms with E-state index >= 15 is 0 Å². The number of nitro benzene ring substituents is 1. The number of nitrogens with zero attached hydrogens (tertiary/aromatic N) is 2. The predicted molar refractivity (Wildman–Crippen MR) is 80.4 cm³/mol. The second-order valence-corrected chi connectivity index (χ2v) is 5.37. The van der Waals surface area contributed by atoms with Crippen LogP contribution in [0.25, 0.3) is 0 Å². The molecule has 0 unspecified atom stereocenters. The van der Waals surface area contributed by atoms with Gasteiger partial charge in [-0.05, 0) is 18.1 Å². The van der Waals surface area contributed by atoms with Crippen LogP contribution >= 0.6 is 0 Å². The topological polar surface area (TPSA) is 95.7 Å². The lowest BCUT2D eigenvalue weighted by Crippen LogP contribution is -2.29. The van der Waals surface area contributed by atoms with Gasteiger partial charge in [-0.25, -0.2) is 0 Å². The highest BCUT2D eigenvalue weighted by Gasteiger charge is 2.21. The molecule has 1 aromatic carbocycles. The van der Waals surface area contributed by atoms with Crippen LogP contribution in [-0.2, 0) is 0 Å². The Bertz CT molecular complexity index is 529. The molecule has 0 saturated heterocycles. The summed E-state index contributed by atoms with van der Waals surface area (Å²) in [6, 6.07) is 3.99. The fraction of sp³-hybridized carbons (Fsp3) is 0.500. The molecule has 1 rings (SSSR count). The molecule has 7 nitrogen and oxygen atoms in total. The summed E-state index contributed by atoms with van der Waals surface area (Å²) < 4.78 is 0. The van der Waals surface area contributed by atoms with Crippen LogP contribution in [0.3, 0.4) is 0 Å². The number of aliphatic hydroxyl groups is 1. The second-order valence-electron chi connectivity index (χ2n) is 5.37. The first-order valence-corrected chi connectivity index (χ1v) is 6.65. The van der Waals surface area contributed by atoms with Gasteiger partial charge in [-0.3, -0.25) is 14.9 Å². The van der Waals surface area contributed by atoms with Crippen LogP contribution in [0, 0.1) is 16.0 Å². The van der Waals surface area contributed by atoms with E-state index in [1.54, 1.807) is 14.1 Å². The third-order valence-corrected chi connectivity index (χ3v) is 3.19. The maximum absolute atomic E-state index is 11.9. The third kappa shape index (κ3) is 4.16. The summed E-state index contributed by atoms with van der Waals surface area (Å²) in [5.74, 6) is -0.190. The molecule has 0 bridgehead atoms. The van der Waals surface area contributed by atoms with Crippen LogP contribution in [0.5, 0.6) is 0 Å². The van der Waals surface area contributed by atoms with Crippen molar-refractivity contribution in [2.75, 3.05) is 26.0 Å². The summed E-state index contributed by atoms with van der Waals surface area (Å²) in [5, 5.41) is 23.5. The van der Waals surface area contributed by atoms with Gasteiger partial charge in [0, 0.05) is 25.7 Å². The number of rotatable bonds is 6. The number of carbonyl (C=O) groups excluding carboxylic acids is 1. The highest BCUT2D eigenvalue weighted by Crippen LogP contribution is 2.27. The number of hydrogen-bond acceptors (Lipinski definition) is 5. The fourth-order valence-electron chi connectivity index (χ4n) is 1.82. The Morgan fingerprint density at radius 1 is 1.43 bits per heavy atom. The lowest BCUT2D eigenvalue weighted by atomic mass is 10.0. The Hall–Kier alpha value is -2.15. The van der Waals surface area contributed by atoms with E-state index in [2.05, 4.69) is 5.32 Å². The number of benzene rings is 1. The van der Waals surface area contributed by atoms with Crippen LogP contribution in [0.4, 0.5) is 11.4 Å². The van der Waals surface area contributed by atoms with Gasteiger partial charge in [-0.2, -0.15) is 0 Å². The van der Waals surface area contributed by atoms with Crippen molar-refractivity contribution in [2.45, 2.75) is 19.9 Å². The van der Waals surface area contributed by atoms with Crippen molar-refractivity contribution in [2.24, 2.45) is 5.92 Å². The van der Waals surface area contributed by atoms with Crippen molar-refractivity contribution in [1.29, 1.82) is 0 Å².